The third-order valence-corrected chi connectivity index (χ3v) is 7.70. The molecule has 2 aromatic carbocycles. The Bertz CT molecular complexity index is 1100. The van der Waals surface area contributed by atoms with Crippen molar-refractivity contribution in [3.63, 3.8) is 0 Å². The first-order valence-electron chi connectivity index (χ1n) is 12.5. The largest absolute Gasteiger partial charge is 0.337 e. The number of para-hydroxylation sites is 2. The van der Waals surface area contributed by atoms with Gasteiger partial charge in [-0.2, -0.15) is 0 Å². The lowest BCUT2D eigenvalue weighted by Crippen LogP contribution is -2.53. The first kappa shape index (κ1) is 22.8. The minimum absolute atomic E-state index is 0.00675. The molecule has 1 fully saturated rings. The third kappa shape index (κ3) is 4.50. The summed E-state index contributed by atoms with van der Waals surface area (Å²) < 4.78 is 0. The number of hydrogen-bond acceptors (Lipinski definition) is 2. The Hall–Kier alpha value is -3.02. The predicted molar refractivity (Wildman–Crippen MR) is 136 cm³/mol. The van der Waals surface area contributed by atoms with Gasteiger partial charge in [0.25, 0.3) is 0 Å². The topological polar surface area (TPSA) is 64.7 Å². The number of amides is 4. The molecule has 1 aliphatic carbocycles. The highest BCUT2D eigenvalue weighted by molar-refractivity contribution is 5.95. The molecule has 180 valence electrons. The number of nitrogens with zero attached hydrogens (tertiary/aromatic N) is 2. The molecule has 2 aliphatic heterocycles. The van der Waals surface area contributed by atoms with Crippen LogP contribution >= 0.6 is 0 Å². The van der Waals surface area contributed by atoms with Gasteiger partial charge in [-0.25, -0.2) is 9.59 Å². The van der Waals surface area contributed by atoms with Crippen molar-refractivity contribution in [3.05, 3.63) is 59.7 Å². The molecule has 2 N–H and O–H groups in total. The Labute approximate surface area is 202 Å². The lowest BCUT2D eigenvalue weighted by molar-refractivity contribution is 0.0756. The number of anilines is 2. The molecule has 1 saturated carbocycles. The molecular formula is C28H36N4O2. The van der Waals surface area contributed by atoms with Gasteiger partial charge < -0.3 is 10.6 Å². The summed E-state index contributed by atoms with van der Waals surface area (Å²) in [6, 6.07) is 16.3. The van der Waals surface area contributed by atoms with Crippen molar-refractivity contribution in [1.29, 1.82) is 0 Å². The number of nitrogens with one attached hydrogen (secondary N) is 2. The SMILES string of the molecule is CC1(C)CC(NC(=O)N2CCc3ccccc32)CC(C)(CNC(=O)N2CCc3ccccc32)C1. The van der Waals surface area contributed by atoms with E-state index in [4.69, 9.17) is 0 Å². The van der Waals surface area contributed by atoms with E-state index < -0.39 is 0 Å². The van der Waals surface area contributed by atoms with Crippen LogP contribution in [0, 0.1) is 10.8 Å². The second kappa shape index (κ2) is 8.64. The first-order valence-corrected chi connectivity index (χ1v) is 12.5. The van der Waals surface area contributed by atoms with Crippen LogP contribution in [-0.4, -0.2) is 37.7 Å². The van der Waals surface area contributed by atoms with Crippen molar-refractivity contribution in [2.75, 3.05) is 29.4 Å². The number of carbonyl (C=O) groups excluding carboxylic acids is 2. The van der Waals surface area contributed by atoms with Gasteiger partial charge in [-0.1, -0.05) is 57.2 Å². The van der Waals surface area contributed by atoms with Gasteiger partial charge in [0.1, 0.15) is 0 Å². The van der Waals surface area contributed by atoms with E-state index in [2.05, 4.69) is 43.5 Å². The van der Waals surface area contributed by atoms with Gasteiger partial charge in [-0.3, -0.25) is 9.80 Å². The molecule has 6 nitrogen and oxygen atoms in total. The van der Waals surface area contributed by atoms with Gasteiger partial charge in [0.15, 0.2) is 0 Å². The fourth-order valence-corrected chi connectivity index (χ4v) is 6.61. The zero-order valence-corrected chi connectivity index (χ0v) is 20.6. The van der Waals surface area contributed by atoms with E-state index >= 15 is 0 Å². The van der Waals surface area contributed by atoms with Crippen molar-refractivity contribution in [2.45, 2.75) is 58.9 Å². The molecule has 2 atom stereocenters. The lowest BCUT2D eigenvalue weighted by Gasteiger charge is -2.47. The number of benzene rings is 2. The molecule has 0 spiro atoms. The predicted octanol–water partition coefficient (Wildman–Crippen LogP) is 5.12. The number of rotatable bonds is 3. The number of carbonyl (C=O) groups is 2. The monoisotopic (exact) mass is 460 g/mol. The van der Waals surface area contributed by atoms with Gasteiger partial charge in [-0.15, -0.1) is 0 Å². The highest BCUT2D eigenvalue weighted by atomic mass is 16.2. The molecule has 5 rings (SSSR count). The van der Waals surface area contributed by atoms with E-state index in [1.807, 2.05) is 46.2 Å². The molecule has 34 heavy (non-hydrogen) atoms. The number of hydrogen-bond donors (Lipinski definition) is 2. The second-order valence-corrected chi connectivity index (χ2v) is 11.4. The maximum Gasteiger partial charge on any atom is 0.322 e. The van der Waals surface area contributed by atoms with Gasteiger partial charge in [0.05, 0.1) is 0 Å². The van der Waals surface area contributed by atoms with Gasteiger partial charge in [0, 0.05) is 37.1 Å². The van der Waals surface area contributed by atoms with Crippen LogP contribution in [0.2, 0.25) is 0 Å². The van der Waals surface area contributed by atoms with Crippen molar-refractivity contribution in [1.82, 2.24) is 10.6 Å². The van der Waals surface area contributed by atoms with E-state index in [-0.39, 0.29) is 28.9 Å². The summed E-state index contributed by atoms with van der Waals surface area (Å²) >= 11 is 0. The lowest BCUT2D eigenvalue weighted by atomic mass is 9.62. The van der Waals surface area contributed by atoms with Crippen molar-refractivity contribution in [3.8, 4) is 0 Å². The molecule has 4 amide bonds. The number of urea groups is 2. The minimum Gasteiger partial charge on any atom is -0.337 e. The number of fused-ring (bicyclic) bond motifs is 2. The summed E-state index contributed by atoms with van der Waals surface area (Å²) in [7, 11) is 0. The summed E-state index contributed by atoms with van der Waals surface area (Å²) in [4.78, 5) is 30.0. The van der Waals surface area contributed by atoms with E-state index in [0.29, 0.717) is 6.54 Å². The molecule has 2 unspecified atom stereocenters. The Morgan fingerprint density at radius 1 is 0.853 bits per heavy atom. The Morgan fingerprint density at radius 3 is 2.03 bits per heavy atom. The Kier molecular flexibility index (Phi) is 5.78. The smallest absolute Gasteiger partial charge is 0.322 e. The Balaban J connectivity index is 1.23. The van der Waals surface area contributed by atoms with Crippen LogP contribution in [0.25, 0.3) is 0 Å². The summed E-state index contributed by atoms with van der Waals surface area (Å²) in [5.41, 5.74) is 4.50. The molecule has 6 heteroatoms. The second-order valence-electron chi connectivity index (χ2n) is 11.4. The fourth-order valence-electron chi connectivity index (χ4n) is 6.61. The average Bonchev–Trinajstić information content (AvgIpc) is 3.41. The standard InChI is InChI=1S/C28H36N4O2/c1-27(2)16-22(30-26(34)32-15-13-21-9-5-7-11-24(21)32)17-28(3,18-27)19-29-25(33)31-14-12-20-8-4-6-10-23(20)31/h4-11,22H,12-19H2,1-3H3,(H,29,33)(H,30,34). The van der Waals surface area contributed by atoms with Gasteiger partial charge in [0.2, 0.25) is 0 Å². The molecule has 0 radical (unpaired) electrons. The van der Waals surface area contributed by atoms with Crippen LogP contribution in [0.15, 0.2) is 48.5 Å². The van der Waals surface area contributed by atoms with Crippen molar-refractivity contribution < 1.29 is 9.59 Å². The van der Waals surface area contributed by atoms with E-state index in [9.17, 15) is 9.59 Å². The molecular weight excluding hydrogens is 424 g/mol. The summed E-state index contributed by atoms with van der Waals surface area (Å²) in [5.74, 6) is 0. The van der Waals surface area contributed by atoms with Gasteiger partial charge >= 0.3 is 12.1 Å². The fraction of sp³-hybridized carbons (Fsp3) is 0.500. The Morgan fingerprint density at radius 2 is 1.41 bits per heavy atom. The summed E-state index contributed by atoms with van der Waals surface area (Å²) in [6.07, 6.45) is 4.62. The maximum atomic E-state index is 13.2. The quantitative estimate of drug-likeness (QED) is 0.668. The van der Waals surface area contributed by atoms with Crippen molar-refractivity contribution in [2.24, 2.45) is 10.8 Å². The van der Waals surface area contributed by atoms with Crippen LogP contribution in [0.4, 0.5) is 21.0 Å². The maximum absolute atomic E-state index is 13.2. The first-order chi connectivity index (χ1) is 16.2. The van der Waals surface area contributed by atoms with Gasteiger partial charge in [-0.05, 0) is 66.2 Å². The van der Waals surface area contributed by atoms with E-state index in [1.54, 1.807) is 0 Å². The zero-order valence-electron chi connectivity index (χ0n) is 20.6. The minimum atomic E-state index is -0.0858. The molecule has 2 heterocycles. The third-order valence-electron chi connectivity index (χ3n) is 7.70. The summed E-state index contributed by atoms with van der Waals surface area (Å²) in [6.45, 7) is 8.85. The normalized spacial score (nSPS) is 25.0. The van der Waals surface area contributed by atoms with Crippen LogP contribution in [-0.2, 0) is 12.8 Å². The highest BCUT2D eigenvalue weighted by Crippen LogP contribution is 2.46. The van der Waals surface area contributed by atoms with E-state index in [1.165, 1.54) is 11.1 Å². The van der Waals surface area contributed by atoms with Crippen LogP contribution in [0.1, 0.15) is 51.2 Å². The molecule has 0 bridgehead atoms. The van der Waals surface area contributed by atoms with Crippen LogP contribution in [0.5, 0.6) is 0 Å². The highest BCUT2D eigenvalue weighted by Gasteiger charge is 2.42. The molecule has 0 saturated heterocycles. The zero-order chi connectivity index (χ0) is 23.9. The summed E-state index contributed by atoms with van der Waals surface area (Å²) in [5, 5.41) is 6.55. The average molecular weight is 461 g/mol. The van der Waals surface area contributed by atoms with Crippen molar-refractivity contribution >= 4 is 23.4 Å². The van der Waals surface area contributed by atoms with E-state index in [0.717, 1.165) is 56.6 Å². The molecule has 3 aliphatic rings. The van der Waals surface area contributed by atoms with Crippen LogP contribution in [0.3, 0.4) is 0 Å². The molecule has 2 aromatic rings. The van der Waals surface area contributed by atoms with Crippen LogP contribution < -0.4 is 20.4 Å². The molecule has 0 aromatic heterocycles.